The first kappa shape index (κ1) is 49.6. The van der Waals surface area contributed by atoms with Gasteiger partial charge < -0.3 is 24.9 Å². The van der Waals surface area contributed by atoms with Crippen molar-refractivity contribution in [3.05, 3.63) is 284 Å². The number of hydrogen-bond acceptors (Lipinski definition) is 12. The highest BCUT2D eigenvalue weighted by Crippen LogP contribution is 2.46. The Hall–Kier alpha value is -8.56. The summed E-state index contributed by atoms with van der Waals surface area (Å²) in [6.07, 6.45) is 0. The predicted octanol–water partition coefficient (Wildman–Crippen LogP) is 11.9. The summed E-state index contributed by atoms with van der Waals surface area (Å²) in [5, 5.41) is 15.3. The van der Waals surface area contributed by atoms with Gasteiger partial charge in [-0.25, -0.2) is 9.78 Å². The average Bonchev–Trinajstić information content (AvgIpc) is 4.30. The van der Waals surface area contributed by atoms with Crippen LogP contribution in [0.2, 0.25) is 0 Å². The fourth-order valence-electron chi connectivity index (χ4n) is 9.77. The number of ether oxygens (including phenoxy) is 2. The summed E-state index contributed by atoms with van der Waals surface area (Å²) >= 11 is 4.24. The van der Waals surface area contributed by atoms with Crippen LogP contribution in [0.4, 0.5) is 5.13 Å². The van der Waals surface area contributed by atoms with E-state index in [1.807, 2.05) is 175 Å². The molecule has 2 aliphatic rings. The third-order valence-electron chi connectivity index (χ3n) is 13.5. The Morgan fingerprint density at radius 3 is 1.66 bits per heavy atom. The number of rotatable bonds is 18. The molecule has 2 N–H and O–H groups in total. The van der Waals surface area contributed by atoms with Crippen LogP contribution in [0.1, 0.15) is 49.5 Å². The molecule has 4 heterocycles. The number of β-lactam (4-membered cyclic amide) rings is 1. The summed E-state index contributed by atoms with van der Waals surface area (Å²) in [5.41, 5.74) is 4.54. The summed E-state index contributed by atoms with van der Waals surface area (Å²) in [7, 11) is 1.59. The third kappa shape index (κ3) is 9.58. The summed E-state index contributed by atoms with van der Waals surface area (Å²) in [6, 6.07) is 69.7. The molecule has 14 heteroatoms. The van der Waals surface area contributed by atoms with E-state index in [1.165, 1.54) is 39.3 Å². The number of anilines is 1. The minimum Gasteiger partial charge on any atom is -0.497 e. The summed E-state index contributed by atoms with van der Waals surface area (Å²) in [4.78, 5) is 58.7. The SMILES string of the molecule is COc1ccc(COC(=O)C2=C(c3cccs3)CS[C@H]3[C@H](NC(=O)C(=NOC(c4ccccc4)(c4ccccc4)c4ccccc4)c4csc(NC(c5ccccc5)(c5ccccc5)c5ccccc5)n4)C(=O)N23)cc1. The van der Waals surface area contributed by atoms with Crippen molar-refractivity contribution < 1.29 is 28.7 Å². The maximum atomic E-state index is 15.4. The van der Waals surface area contributed by atoms with E-state index in [9.17, 15) is 9.59 Å². The second kappa shape index (κ2) is 22.1. The van der Waals surface area contributed by atoms with Gasteiger partial charge in [0.05, 0.1) is 7.11 Å². The van der Waals surface area contributed by atoms with Crippen molar-refractivity contribution in [1.29, 1.82) is 0 Å². The molecule has 2 amide bonds. The number of carbonyl (C=O) groups is 3. The Kier molecular flexibility index (Phi) is 14.4. The molecular formula is C62H49N5O6S3. The summed E-state index contributed by atoms with van der Waals surface area (Å²) in [6.45, 7) is -0.0199. The number of aromatic nitrogens is 1. The van der Waals surface area contributed by atoms with Gasteiger partial charge in [0.1, 0.15) is 40.7 Å². The maximum absolute atomic E-state index is 15.4. The number of thioether (sulfide) groups is 1. The second-order valence-corrected chi connectivity index (χ2v) is 20.8. The van der Waals surface area contributed by atoms with Crippen LogP contribution in [-0.4, -0.2) is 57.7 Å². The quantitative estimate of drug-likeness (QED) is 0.0283. The lowest BCUT2D eigenvalue weighted by molar-refractivity contribution is -0.152. The highest BCUT2D eigenvalue weighted by Gasteiger charge is 2.55. The zero-order chi connectivity index (χ0) is 51.9. The molecule has 9 aromatic rings. The molecule has 0 radical (unpaired) electrons. The van der Waals surface area contributed by atoms with Gasteiger partial charge in [-0.05, 0) is 45.8 Å². The predicted molar refractivity (Wildman–Crippen MR) is 301 cm³/mol. The van der Waals surface area contributed by atoms with Crippen LogP contribution in [0.25, 0.3) is 5.57 Å². The lowest BCUT2D eigenvalue weighted by Gasteiger charge is -2.49. The highest BCUT2D eigenvalue weighted by molar-refractivity contribution is 8.00. The zero-order valence-electron chi connectivity index (χ0n) is 41.0. The van der Waals surface area contributed by atoms with Crippen LogP contribution in [0.5, 0.6) is 5.75 Å². The first-order valence-electron chi connectivity index (χ1n) is 24.5. The number of amides is 2. The number of benzene rings is 7. The Bertz CT molecular complexity index is 3320. The van der Waals surface area contributed by atoms with E-state index in [4.69, 9.17) is 24.5 Å². The van der Waals surface area contributed by atoms with Gasteiger partial charge in [-0.3, -0.25) is 14.5 Å². The molecule has 0 aliphatic carbocycles. The molecule has 0 unspecified atom stereocenters. The van der Waals surface area contributed by atoms with Gasteiger partial charge in [0.2, 0.25) is 5.60 Å². The number of hydrogen-bond donors (Lipinski definition) is 2. The lowest BCUT2D eigenvalue weighted by atomic mass is 9.77. The molecule has 0 saturated carbocycles. The highest BCUT2D eigenvalue weighted by atomic mass is 32.2. The van der Waals surface area contributed by atoms with Crippen molar-refractivity contribution >= 4 is 68.6 Å². The maximum Gasteiger partial charge on any atom is 0.355 e. The zero-order valence-corrected chi connectivity index (χ0v) is 43.5. The molecular weight excluding hydrogens is 1010 g/mol. The minimum atomic E-state index is -1.36. The number of thiazole rings is 1. The smallest absolute Gasteiger partial charge is 0.355 e. The van der Waals surface area contributed by atoms with E-state index in [1.54, 1.807) is 24.6 Å². The normalized spacial score (nSPS) is 15.5. The van der Waals surface area contributed by atoms with Gasteiger partial charge in [0.25, 0.3) is 11.8 Å². The largest absolute Gasteiger partial charge is 0.497 e. The van der Waals surface area contributed by atoms with Crippen molar-refractivity contribution in [2.45, 2.75) is 29.2 Å². The van der Waals surface area contributed by atoms with Crippen LogP contribution in [0.15, 0.2) is 240 Å². The van der Waals surface area contributed by atoms with Crippen molar-refractivity contribution in [3.8, 4) is 5.75 Å². The molecule has 1 fully saturated rings. The number of esters is 1. The van der Waals surface area contributed by atoms with Gasteiger partial charge in [0.15, 0.2) is 10.8 Å². The standard InChI is InChI=1S/C62H49N5O6S3/c1-71-49-36-34-42(35-37-49)39-72-59(70)55-50(52-33-20-38-74-52)40-75-58-54(57(69)67(55)58)64-56(68)53(66-73-62(46-27-14-5-15-28-46,47-29-16-6-17-30-47)48-31-18-7-19-32-48)51-41-76-60(63-51)65-61(43-21-8-2-9-22-43,44-23-10-3-11-24-44)45-25-12-4-13-26-45/h2-38,41,54,58H,39-40H2,1H3,(H,63,65)(H,64,68)/t54-,58+/m1/s1. The minimum absolute atomic E-state index is 0.0199. The van der Waals surface area contributed by atoms with Crippen LogP contribution >= 0.6 is 34.4 Å². The average molecular weight is 1060 g/mol. The summed E-state index contributed by atoms with van der Waals surface area (Å²) in [5.74, 6) is -0.746. The Labute approximate surface area is 452 Å². The number of oxime groups is 1. The van der Waals surface area contributed by atoms with Gasteiger partial charge in [0, 0.05) is 38.3 Å². The van der Waals surface area contributed by atoms with E-state index >= 15 is 4.79 Å². The first-order valence-corrected chi connectivity index (χ1v) is 27.3. The van der Waals surface area contributed by atoms with Crippen molar-refractivity contribution in [1.82, 2.24) is 15.2 Å². The molecule has 11 nitrogen and oxygen atoms in total. The van der Waals surface area contributed by atoms with E-state index in [0.29, 0.717) is 22.2 Å². The van der Waals surface area contributed by atoms with Crippen LogP contribution in [-0.2, 0) is 41.7 Å². The number of carbonyl (C=O) groups excluding carboxylic acids is 3. The number of methoxy groups -OCH3 is 1. The van der Waals surface area contributed by atoms with Gasteiger partial charge >= 0.3 is 5.97 Å². The topological polar surface area (TPSA) is 131 Å². The van der Waals surface area contributed by atoms with E-state index in [2.05, 4.69) is 47.0 Å². The van der Waals surface area contributed by atoms with Crippen molar-refractivity contribution in [2.75, 3.05) is 18.2 Å². The number of thiophene rings is 1. The second-order valence-electron chi connectivity index (χ2n) is 17.9. The molecule has 0 bridgehead atoms. The Balaban J connectivity index is 0.983. The van der Waals surface area contributed by atoms with Gasteiger partial charge in [-0.15, -0.1) is 34.4 Å². The Morgan fingerprint density at radius 2 is 1.17 bits per heavy atom. The molecule has 1 saturated heterocycles. The molecule has 7 aromatic carbocycles. The van der Waals surface area contributed by atoms with Gasteiger partial charge in [-0.1, -0.05) is 205 Å². The number of fused-ring (bicyclic) bond motifs is 1. The van der Waals surface area contributed by atoms with Gasteiger partial charge in [-0.2, -0.15) is 0 Å². The number of nitrogens with one attached hydrogen (secondary N) is 2. The van der Waals surface area contributed by atoms with E-state index in [-0.39, 0.29) is 23.7 Å². The van der Waals surface area contributed by atoms with E-state index in [0.717, 1.165) is 43.8 Å². The summed E-state index contributed by atoms with van der Waals surface area (Å²) < 4.78 is 11.2. The molecule has 0 spiro atoms. The van der Waals surface area contributed by atoms with Crippen molar-refractivity contribution in [3.63, 3.8) is 0 Å². The monoisotopic (exact) mass is 1060 g/mol. The molecule has 2 aliphatic heterocycles. The molecule has 76 heavy (non-hydrogen) atoms. The molecule has 11 rings (SSSR count). The fraction of sp³-hybridized carbons (Fsp3) is 0.113. The fourth-order valence-corrected chi connectivity index (χ4v) is 12.8. The van der Waals surface area contributed by atoms with Crippen LogP contribution < -0.4 is 15.4 Å². The third-order valence-corrected chi connectivity index (χ3v) is 16.5. The first-order chi connectivity index (χ1) is 37.4. The molecule has 2 aromatic heterocycles. The molecule has 376 valence electrons. The van der Waals surface area contributed by atoms with Crippen LogP contribution in [0, 0.1) is 0 Å². The van der Waals surface area contributed by atoms with E-state index < -0.39 is 40.3 Å². The number of nitrogens with zero attached hydrogens (tertiary/aromatic N) is 3. The van der Waals surface area contributed by atoms with Crippen LogP contribution in [0.3, 0.4) is 0 Å². The Morgan fingerprint density at radius 1 is 0.658 bits per heavy atom. The van der Waals surface area contributed by atoms with Crippen molar-refractivity contribution in [2.24, 2.45) is 5.16 Å². The molecule has 2 atom stereocenters. The lowest BCUT2D eigenvalue weighted by Crippen LogP contribution is -2.71.